The Morgan fingerprint density at radius 2 is 1.15 bits per heavy atom. The van der Waals surface area contributed by atoms with Gasteiger partial charge >= 0.3 is 42.4 Å². The molecule has 0 aliphatic carbocycles. The van der Waals surface area contributed by atoms with Gasteiger partial charge in [-0.3, -0.25) is 0 Å². The quantitative estimate of drug-likeness (QED) is 0.525. The Balaban J connectivity index is 0. The fraction of sp³-hybridized carbons (Fsp3) is 0.222. The predicted octanol–water partition coefficient (Wildman–Crippen LogP) is 0.945. The van der Waals surface area contributed by atoms with Crippen LogP contribution in [0.25, 0.3) is 0 Å². The number of rotatable bonds is 1. The Kier molecular flexibility index (Phi) is 9.88. The first-order valence-corrected chi connectivity index (χ1v) is 5.71. The molecule has 0 fully saturated rings. The minimum absolute atomic E-state index is 1.06. The average Bonchev–Trinajstić information content (AvgIpc) is 2.08. The van der Waals surface area contributed by atoms with Gasteiger partial charge in [0, 0.05) is 0 Å². The van der Waals surface area contributed by atoms with E-state index in [0.717, 1.165) is 11.1 Å². The van der Waals surface area contributed by atoms with E-state index in [4.69, 9.17) is 0 Å². The third-order valence-electron chi connectivity index (χ3n) is 0.945. The molecule has 0 atom stereocenters. The van der Waals surface area contributed by atoms with Crippen molar-refractivity contribution in [1.82, 2.24) is 0 Å². The van der Waals surface area contributed by atoms with Gasteiger partial charge in [0.1, 0.15) is 0 Å². The monoisotopic (exact) mass is 268 g/mol. The summed E-state index contributed by atoms with van der Waals surface area (Å²) in [6, 6.07) is 0. The average molecular weight is 267 g/mol. The summed E-state index contributed by atoms with van der Waals surface area (Å²) in [6.45, 7) is 11.2. The van der Waals surface area contributed by atoms with Gasteiger partial charge in [-0.05, 0) is 13.8 Å². The second-order valence-electron chi connectivity index (χ2n) is 2.04. The van der Waals surface area contributed by atoms with E-state index in [-0.39, 0.29) is 0 Å². The van der Waals surface area contributed by atoms with Gasteiger partial charge < -0.3 is 0 Å². The molecule has 0 radical (unpaired) electrons. The summed E-state index contributed by atoms with van der Waals surface area (Å²) in [5.41, 5.74) is 2.13. The Hall–Kier alpha value is -1.16. The van der Waals surface area contributed by atoms with E-state index in [2.05, 4.69) is 13.2 Å². The van der Waals surface area contributed by atoms with Crippen molar-refractivity contribution in [2.45, 2.75) is 13.8 Å². The third-order valence-corrected chi connectivity index (χ3v) is 2.01. The molecule has 0 aliphatic rings. The molecule has 0 N–H and O–H groups in total. The van der Waals surface area contributed by atoms with Crippen molar-refractivity contribution < 1.29 is 29.0 Å². The summed E-state index contributed by atoms with van der Waals surface area (Å²) >= 11 is -2.62. The summed E-state index contributed by atoms with van der Waals surface area (Å²) < 4.78 is 3.74. The van der Waals surface area contributed by atoms with Gasteiger partial charge in [0.05, 0.1) is 0 Å². The van der Waals surface area contributed by atoms with E-state index in [1.165, 1.54) is 13.4 Å². The number of carbonyl (C=O) groups excluding carboxylic acids is 3. The molecule has 0 aromatic heterocycles. The molecule has 0 saturated carbocycles. The van der Waals surface area contributed by atoms with Crippen molar-refractivity contribution in [1.29, 1.82) is 0 Å². The fourth-order valence-electron chi connectivity index (χ4n) is 0.0442. The van der Waals surface area contributed by atoms with Crippen LogP contribution in [-0.2, 0) is 29.0 Å². The summed E-state index contributed by atoms with van der Waals surface area (Å²) in [5, 5.41) is 0. The zero-order valence-corrected chi connectivity index (χ0v) is 9.23. The summed E-state index contributed by atoms with van der Waals surface area (Å²) in [5.74, 6) is 0. The first-order valence-electron chi connectivity index (χ1n) is 3.10. The Labute approximate surface area is 80.8 Å². The normalized spacial score (nSPS) is 7.00. The molecule has 0 aromatic rings. The number of hydrogen-bond donors (Lipinski definition) is 0. The summed E-state index contributed by atoms with van der Waals surface area (Å²) in [6.07, 6.45) is 0. The van der Waals surface area contributed by atoms with Crippen LogP contribution in [0.15, 0.2) is 24.3 Å². The van der Waals surface area contributed by atoms with Crippen LogP contribution in [0.4, 0.5) is 0 Å². The molecule has 0 heterocycles. The zero-order chi connectivity index (χ0) is 10.9. The van der Waals surface area contributed by atoms with Crippen molar-refractivity contribution >= 4 is 13.4 Å². The Morgan fingerprint density at radius 3 is 1.15 bits per heavy atom. The summed E-state index contributed by atoms with van der Waals surface area (Å²) in [7, 11) is 0. The van der Waals surface area contributed by atoms with Crippen molar-refractivity contribution in [3.8, 4) is 0 Å². The molecule has 0 aliphatic heterocycles. The molecular weight excluding hydrogens is 257 g/mol. The van der Waals surface area contributed by atoms with Crippen LogP contribution in [0.5, 0.6) is 0 Å². The molecule has 0 saturated heterocycles. The van der Waals surface area contributed by atoms with Crippen LogP contribution in [0, 0.1) is 0 Å². The number of hydrogen-bond acceptors (Lipinski definition) is 3. The van der Waals surface area contributed by atoms with Crippen LogP contribution < -0.4 is 0 Å². The third kappa shape index (κ3) is 10.8. The van der Waals surface area contributed by atoms with Crippen molar-refractivity contribution in [3.63, 3.8) is 0 Å². The van der Waals surface area contributed by atoms with Crippen molar-refractivity contribution in [2.75, 3.05) is 0 Å². The van der Waals surface area contributed by atoms with Gasteiger partial charge in [-0.15, -0.1) is 0 Å². The van der Waals surface area contributed by atoms with Crippen molar-refractivity contribution in [2.24, 2.45) is 0 Å². The van der Waals surface area contributed by atoms with Crippen LogP contribution >= 0.6 is 0 Å². The zero-order valence-electron chi connectivity index (χ0n) is 7.49. The maximum absolute atomic E-state index is 9.38. The topological polar surface area (TPSA) is 51.2 Å². The minimum atomic E-state index is -2.62. The van der Waals surface area contributed by atoms with Gasteiger partial charge in [-0.1, -0.05) is 24.3 Å². The molecular formula is C9H10O3Ru. The molecule has 0 spiro atoms. The van der Waals surface area contributed by atoms with Gasteiger partial charge in [0.15, 0.2) is 0 Å². The molecule has 0 aromatic carbocycles. The Bertz CT molecular complexity index is 352. The van der Waals surface area contributed by atoms with Crippen molar-refractivity contribution in [3.05, 3.63) is 24.3 Å². The molecule has 0 amide bonds. The molecule has 13 heavy (non-hydrogen) atoms. The SMILES string of the molecule is C=C(C)C(=C)C.O=[C]=[Ru](=[C]=O)=[C]=O. The van der Waals surface area contributed by atoms with Crippen LogP contribution in [-0.4, -0.2) is 13.4 Å². The van der Waals surface area contributed by atoms with E-state index >= 15 is 0 Å². The van der Waals surface area contributed by atoms with Crippen LogP contribution in [0.3, 0.4) is 0 Å². The molecule has 0 rings (SSSR count). The first-order chi connectivity index (χ1) is 5.99. The van der Waals surface area contributed by atoms with E-state index in [9.17, 15) is 14.4 Å². The van der Waals surface area contributed by atoms with Crippen LogP contribution in [0.1, 0.15) is 13.8 Å². The predicted molar refractivity (Wildman–Crippen MR) is 46.7 cm³/mol. The molecule has 72 valence electrons. The standard InChI is InChI=1S/C6H10.3CO.Ru/c1-5(2)6(3)4;3*1-2;/h1,3H2,2,4H3;;;;. The number of allylic oxidation sites excluding steroid dienone is 2. The second-order valence-corrected chi connectivity index (χ2v) is 4.41. The fourth-order valence-corrected chi connectivity index (χ4v) is 0.261. The molecule has 3 nitrogen and oxygen atoms in total. The van der Waals surface area contributed by atoms with E-state index in [0.29, 0.717) is 0 Å². The van der Waals surface area contributed by atoms with Gasteiger partial charge in [-0.25, -0.2) is 0 Å². The van der Waals surface area contributed by atoms with Crippen LogP contribution in [0.2, 0.25) is 0 Å². The molecule has 0 bridgehead atoms. The van der Waals surface area contributed by atoms with Gasteiger partial charge in [0.2, 0.25) is 0 Å². The van der Waals surface area contributed by atoms with E-state index in [1.807, 2.05) is 13.8 Å². The van der Waals surface area contributed by atoms with E-state index < -0.39 is 14.6 Å². The second kappa shape index (κ2) is 8.94. The molecule has 0 unspecified atom stereocenters. The van der Waals surface area contributed by atoms with Gasteiger partial charge in [0.25, 0.3) is 0 Å². The summed E-state index contributed by atoms with van der Waals surface area (Å²) in [4.78, 5) is 28.1. The Morgan fingerprint density at radius 1 is 0.923 bits per heavy atom. The maximum atomic E-state index is 9.38. The molecule has 4 heteroatoms. The van der Waals surface area contributed by atoms with Gasteiger partial charge in [-0.2, -0.15) is 0 Å². The van der Waals surface area contributed by atoms with E-state index in [1.54, 1.807) is 0 Å². The first kappa shape index (κ1) is 14.4.